The number of nitrogens with one attached hydrogen (secondary N) is 1. The Morgan fingerprint density at radius 1 is 0.653 bits per heavy atom. The molecule has 4 atom stereocenters. The third-order valence-corrected chi connectivity index (χ3v) is 13.8. The predicted molar refractivity (Wildman–Crippen MR) is 255 cm³/mol. The number of nitrogens with zero attached hydrogens (tertiary/aromatic N) is 7. The summed E-state index contributed by atoms with van der Waals surface area (Å²) in [6, 6.07) is 24.3. The zero-order valence-electron chi connectivity index (χ0n) is 40.2. The van der Waals surface area contributed by atoms with Gasteiger partial charge in [0, 0.05) is 85.4 Å². The summed E-state index contributed by atoms with van der Waals surface area (Å²) in [5, 5.41) is 33.4. The van der Waals surface area contributed by atoms with Gasteiger partial charge in [0.05, 0.1) is 35.4 Å². The van der Waals surface area contributed by atoms with Crippen LogP contribution in [0.5, 0.6) is 0 Å². The molecule has 3 N–H and O–H groups in total. The summed E-state index contributed by atoms with van der Waals surface area (Å²) in [5.41, 5.74) is 3.21. The van der Waals surface area contributed by atoms with Crippen LogP contribution in [0.25, 0.3) is 22.8 Å². The number of esters is 1. The van der Waals surface area contributed by atoms with Gasteiger partial charge in [0.2, 0.25) is 0 Å². The van der Waals surface area contributed by atoms with Crippen molar-refractivity contribution in [1.29, 1.82) is 0 Å². The first kappa shape index (κ1) is 51.1. The summed E-state index contributed by atoms with van der Waals surface area (Å²) < 4.78 is 91.6. The van der Waals surface area contributed by atoms with Crippen molar-refractivity contribution < 1.29 is 50.9 Å². The number of alkyl halides is 6. The van der Waals surface area contributed by atoms with E-state index in [1.165, 1.54) is 16.5 Å². The first-order valence-electron chi connectivity index (χ1n) is 23.1. The minimum atomic E-state index is -4.81. The van der Waals surface area contributed by atoms with Crippen LogP contribution in [0.15, 0.2) is 104 Å². The van der Waals surface area contributed by atoms with Gasteiger partial charge in [-0.05, 0) is 129 Å². The Kier molecular flexibility index (Phi) is 14.0. The Labute approximate surface area is 411 Å². The van der Waals surface area contributed by atoms with Gasteiger partial charge in [-0.2, -0.15) is 36.5 Å². The van der Waals surface area contributed by atoms with Crippen molar-refractivity contribution in [2.45, 2.75) is 94.7 Å². The highest BCUT2D eigenvalue weighted by Gasteiger charge is 2.57. The fourth-order valence-corrected chi connectivity index (χ4v) is 9.91. The number of aromatic nitrogens is 7. The lowest BCUT2D eigenvalue weighted by Crippen LogP contribution is -2.47. The van der Waals surface area contributed by atoms with Gasteiger partial charge in [0.15, 0.2) is 11.2 Å². The Morgan fingerprint density at radius 3 is 1.53 bits per heavy atom. The second-order valence-corrected chi connectivity index (χ2v) is 18.4. The highest BCUT2D eigenvalue weighted by molar-refractivity contribution is 6.04. The number of aryl methyl sites for hydroxylation is 5. The van der Waals surface area contributed by atoms with Crippen molar-refractivity contribution in [3.63, 3.8) is 0 Å². The lowest BCUT2D eigenvalue weighted by Gasteiger charge is -2.29. The van der Waals surface area contributed by atoms with Crippen LogP contribution in [0.4, 0.5) is 32.0 Å². The molecule has 19 heteroatoms. The molecule has 0 saturated carbocycles. The number of ether oxygens (including phenoxy) is 1. The maximum atomic E-state index is 14.1. The van der Waals surface area contributed by atoms with Crippen molar-refractivity contribution in [2.24, 2.45) is 14.1 Å². The average Bonchev–Trinajstić information content (AvgIpc) is 3.69. The standard InChI is InChI=1S/C29H28F3N5O2.C24H24F3N3O3/c1-17-15-19(27(38)35-22-8-6-14-33-18(22)2)9-10-20(17)21-11-12-28(39,29(30,31)32)16-24-25(21)26(36-37(24)3)23-7-4-5-13-34-23;1-14-12-15(22(31)33-3)7-8-16(14)17-9-10-23(32,24(25,26)27)13-19-20(17)21(29-30(19)2)18-6-4-5-11-28-18/h4-10,13-15,21,39H,11-12,16H2,1-3H3,(H,35,38);4-8,11-12,17,32H,9-10,13H2,1-3H3/t21-,28+;17-,23+/m11/s1. The molecule has 0 unspecified atom stereocenters. The van der Waals surface area contributed by atoms with Crippen molar-refractivity contribution in [3.05, 3.63) is 165 Å². The minimum Gasteiger partial charge on any atom is -0.465 e. The van der Waals surface area contributed by atoms with Crippen LogP contribution in [0.3, 0.4) is 0 Å². The number of benzene rings is 2. The SMILES string of the molecule is COC(=O)c1ccc([C@H]2CC[C@@](O)(C(F)(F)F)Cc3c2c(-c2ccccn2)nn3C)c(C)c1.Cc1cc(C(=O)Nc2cccnc2C)ccc1[C@H]1CC[C@@](O)(C(F)(F)F)Cc2c1c(-c1ccccn1)nn2C. The molecule has 9 rings (SSSR count). The van der Waals surface area contributed by atoms with E-state index < -0.39 is 67.0 Å². The van der Waals surface area contributed by atoms with Crippen LogP contribution in [0.2, 0.25) is 0 Å². The fourth-order valence-electron chi connectivity index (χ4n) is 9.91. The Bertz CT molecular complexity index is 3140. The Balaban J connectivity index is 0.000000195. The van der Waals surface area contributed by atoms with Crippen molar-refractivity contribution in [2.75, 3.05) is 12.4 Å². The number of fused-ring (bicyclic) bond motifs is 2. The molecule has 0 radical (unpaired) electrons. The lowest BCUT2D eigenvalue weighted by atomic mass is 9.83. The number of carbonyl (C=O) groups excluding carboxylic acids is 2. The van der Waals surface area contributed by atoms with E-state index in [1.54, 1.807) is 131 Å². The summed E-state index contributed by atoms with van der Waals surface area (Å²) in [6.07, 6.45) is -6.81. The van der Waals surface area contributed by atoms with Gasteiger partial charge in [-0.25, -0.2) is 4.79 Å². The van der Waals surface area contributed by atoms with Crippen LogP contribution < -0.4 is 5.32 Å². The number of halogens is 6. The van der Waals surface area contributed by atoms with E-state index in [1.807, 2.05) is 6.92 Å². The fraction of sp³-hybridized carbons (Fsp3) is 0.340. The van der Waals surface area contributed by atoms with Gasteiger partial charge < -0.3 is 20.3 Å². The molecule has 2 aromatic carbocycles. The van der Waals surface area contributed by atoms with Gasteiger partial charge in [-0.1, -0.05) is 24.3 Å². The number of aliphatic hydroxyl groups is 2. The van der Waals surface area contributed by atoms with E-state index in [9.17, 15) is 46.1 Å². The van der Waals surface area contributed by atoms with E-state index >= 15 is 0 Å². The van der Waals surface area contributed by atoms with E-state index in [-0.39, 0.29) is 18.7 Å². The van der Waals surface area contributed by atoms with Crippen molar-refractivity contribution in [3.8, 4) is 22.8 Å². The maximum Gasteiger partial charge on any atom is 0.417 e. The van der Waals surface area contributed by atoms with Crippen LogP contribution >= 0.6 is 0 Å². The molecular weight excluding hydrogens is 943 g/mol. The molecule has 2 aliphatic carbocycles. The Hall–Kier alpha value is -7.25. The first-order chi connectivity index (χ1) is 34.0. The largest absolute Gasteiger partial charge is 0.465 e. The molecular formula is C53H52F6N8O5. The van der Waals surface area contributed by atoms with E-state index in [0.29, 0.717) is 67.8 Å². The molecule has 0 saturated heterocycles. The number of amides is 1. The number of anilines is 1. The highest BCUT2D eigenvalue weighted by atomic mass is 19.4. The molecule has 0 fully saturated rings. The molecule has 13 nitrogen and oxygen atoms in total. The van der Waals surface area contributed by atoms with Crippen molar-refractivity contribution in [1.82, 2.24) is 34.5 Å². The molecule has 376 valence electrons. The summed E-state index contributed by atoms with van der Waals surface area (Å²) in [6.45, 7) is 5.43. The highest BCUT2D eigenvalue weighted by Crippen LogP contribution is 2.50. The smallest absolute Gasteiger partial charge is 0.417 e. The second-order valence-electron chi connectivity index (χ2n) is 18.4. The van der Waals surface area contributed by atoms with E-state index in [4.69, 9.17) is 4.74 Å². The second kappa shape index (κ2) is 19.7. The van der Waals surface area contributed by atoms with E-state index in [0.717, 1.165) is 22.3 Å². The molecule has 0 spiro atoms. The zero-order chi connectivity index (χ0) is 51.9. The summed E-state index contributed by atoms with van der Waals surface area (Å²) in [7, 11) is 4.46. The molecule has 72 heavy (non-hydrogen) atoms. The van der Waals surface area contributed by atoms with Crippen LogP contribution in [-0.2, 0) is 31.7 Å². The first-order valence-corrected chi connectivity index (χ1v) is 23.1. The molecule has 0 bridgehead atoms. The maximum absolute atomic E-state index is 14.1. The van der Waals surface area contributed by atoms with Crippen molar-refractivity contribution >= 4 is 17.6 Å². The Morgan fingerprint density at radius 2 is 1.11 bits per heavy atom. The number of hydrogen-bond donors (Lipinski definition) is 3. The predicted octanol–water partition coefficient (Wildman–Crippen LogP) is 9.85. The van der Waals surface area contributed by atoms with Gasteiger partial charge in [0.1, 0.15) is 11.4 Å². The number of hydrogen-bond acceptors (Lipinski definition) is 10. The topological polar surface area (TPSA) is 170 Å². The van der Waals surface area contributed by atoms with Gasteiger partial charge in [0.25, 0.3) is 5.91 Å². The molecule has 0 aliphatic heterocycles. The van der Waals surface area contributed by atoms with Crippen LogP contribution in [0, 0.1) is 20.8 Å². The normalized spacial score (nSPS) is 20.0. The summed E-state index contributed by atoms with van der Waals surface area (Å²) >= 11 is 0. The summed E-state index contributed by atoms with van der Waals surface area (Å²) in [5.74, 6) is -1.79. The average molecular weight is 995 g/mol. The minimum absolute atomic E-state index is 0.0375. The van der Waals surface area contributed by atoms with Gasteiger partial charge >= 0.3 is 18.3 Å². The lowest BCUT2D eigenvalue weighted by molar-refractivity contribution is -0.262. The molecule has 2 aliphatic rings. The monoisotopic (exact) mass is 994 g/mol. The number of carbonyl (C=O) groups is 2. The molecule has 7 aromatic rings. The third kappa shape index (κ3) is 9.86. The third-order valence-electron chi connectivity index (χ3n) is 13.8. The summed E-state index contributed by atoms with van der Waals surface area (Å²) in [4.78, 5) is 37.9. The van der Waals surface area contributed by atoms with E-state index in [2.05, 4.69) is 30.5 Å². The molecule has 5 aromatic heterocycles. The van der Waals surface area contributed by atoms with Gasteiger partial charge in [-0.3, -0.25) is 29.1 Å². The van der Waals surface area contributed by atoms with Gasteiger partial charge in [-0.15, -0.1) is 0 Å². The number of methoxy groups -OCH3 is 1. The molecule has 1 amide bonds. The molecule has 5 heterocycles. The number of rotatable bonds is 7. The quantitative estimate of drug-likeness (QED) is 0.0794. The number of pyridine rings is 3. The zero-order valence-corrected chi connectivity index (χ0v) is 40.2. The van der Waals surface area contributed by atoms with Crippen LogP contribution in [0.1, 0.15) is 109 Å². The van der Waals surface area contributed by atoms with Crippen LogP contribution in [-0.4, -0.2) is 87.3 Å².